The second-order valence-electron chi connectivity index (χ2n) is 5.98. The minimum Gasteiger partial charge on any atom is -0.378 e. The highest BCUT2D eigenvalue weighted by Crippen LogP contribution is 2.23. The fourth-order valence-corrected chi connectivity index (χ4v) is 3.94. The summed E-state index contributed by atoms with van der Waals surface area (Å²) in [4.78, 5) is 2.12. The molecule has 2 nitrogen and oxygen atoms in total. The molecule has 0 radical (unpaired) electrons. The summed E-state index contributed by atoms with van der Waals surface area (Å²) in [6.07, 6.45) is 4.43. The summed E-state index contributed by atoms with van der Waals surface area (Å²) < 4.78 is 3.74. The van der Waals surface area contributed by atoms with Crippen LogP contribution >= 0.6 is 11.3 Å². The van der Waals surface area contributed by atoms with Gasteiger partial charge in [-0.1, -0.05) is 29.5 Å². The van der Waals surface area contributed by atoms with Crippen molar-refractivity contribution >= 4 is 39.4 Å². The van der Waals surface area contributed by atoms with E-state index in [0.717, 1.165) is 6.54 Å². The van der Waals surface area contributed by atoms with Gasteiger partial charge in [0.15, 0.2) is 0 Å². The molecule has 0 fully saturated rings. The van der Waals surface area contributed by atoms with E-state index < -0.39 is 0 Å². The maximum atomic E-state index is 2.38. The highest BCUT2D eigenvalue weighted by Gasteiger charge is 2.16. The minimum absolute atomic E-state index is 0.988. The van der Waals surface area contributed by atoms with E-state index >= 15 is 0 Å². The molecular weight excluding hydrogens is 300 g/mol. The zero-order valence-corrected chi connectivity index (χ0v) is 15.0. The Balaban J connectivity index is 1.94. The number of hydrogen-bond donors (Lipinski definition) is 0. The molecule has 0 saturated heterocycles. The minimum atomic E-state index is 0.988. The Bertz CT molecular complexity index is 842. The highest BCUT2D eigenvalue weighted by atomic mass is 32.1. The Morgan fingerprint density at radius 1 is 1.04 bits per heavy atom. The fourth-order valence-electron chi connectivity index (χ4n) is 2.71. The average molecular weight is 323 g/mol. The quantitative estimate of drug-likeness (QED) is 0.628. The van der Waals surface area contributed by atoms with Gasteiger partial charge < -0.3 is 4.90 Å². The number of aryl methyl sites for hydroxylation is 2. The summed E-state index contributed by atoms with van der Waals surface area (Å²) in [6, 6.07) is 15.3. The monoisotopic (exact) mass is 323 g/mol. The van der Waals surface area contributed by atoms with Gasteiger partial charge in [-0.05, 0) is 49.2 Å². The number of aromatic nitrogens is 1. The first-order valence-corrected chi connectivity index (χ1v) is 8.78. The van der Waals surface area contributed by atoms with E-state index in [1.165, 1.54) is 32.0 Å². The van der Waals surface area contributed by atoms with Crippen molar-refractivity contribution in [2.24, 2.45) is 0 Å². The van der Waals surface area contributed by atoms with Gasteiger partial charge in [0.05, 0.1) is 0 Å². The van der Waals surface area contributed by atoms with E-state index in [2.05, 4.69) is 92.0 Å². The summed E-state index contributed by atoms with van der Waals surface area (Å²) in [7, 11) is 4.13. The lowest BCUT2D eigenvalue weighted by molar-refractivity contribution is -0.665. The maximum Gasteiger partial charge on any atom is 0.262 e. The Morgan fingerprint density at radius 3 is 2.43 bits per heavy atom. The predicted molar refractivity (Wildman–Crippen MR) is 102 cm³/mol. The van der Waals surface area contributed by atoms with Gasteiger partial charge in [-0.25, -0.2) is 0 Å². The lowest BCUT2D eigenvalue weighted by Gasteiger charge is -2.11. The molecule has 1 aromatic heterocycles. The van der Waals surface area contributed by atoms with E-state index in [-0.39, 0.29) is 0 Å². The van der Waals surface area contributed by atoms with Gasteiger partial charge in [-0.2, -0.15) is 4.57 Å². The molecule has 0 aliphatic rings. The third-order valence-electron chi connectivity index (χ3n) is 4.03. The van der Waals surface area contributed by atoms with Gasteiger partial charge in [0, 0.05) is 31.9 Å². The van der Waals surface area contributed by atoms with Gasteiger partial charge in [0.1, 0.15) is 11.2 Å². The predicted octanol–water partition coefficient (Wildman–Crippen LogP) is 4.75. The summed E-state index contributed by atoms with van der Waals surface area (Å²) in [5.74, 6) is 0. The molecule has 3 rings (SSSR count). The summed E-state index contributed by atoms with van der Waals surface area (Å²) in [6.45, 7) is 5.34. The molecule has 2 aromatic carbocycles. The number of fused-ring (bicyclic) bond motifs is 1. The van der Waals surface area contributed by atoms with Gasteiger partial charge >= 0.3 is 0 Å². The molecule has 0 spiro atoms. The zero-order chi connectivity index (χ0) is 16.4. The molecule has 0 saturated carbocycles. The molecule has 118 valence electrons. The van der Waals surface area contributed by atoms with Crippen LogP contribution < -0.4 is 9.47 Å². The number of thiazole rings is 1. The Kier molecular flexibility index (Phi) is 4.49. The van der Waals surface area contributed by atoms with Gasteiger partial charge in [0.25, 0.3) is 5.01 Å². The molecule has 0 aliphatic carbocycles. The van der Waals surface area contributed by atoms with Gasteiger partial charge in [-0.15, -0.1) is 0 Å². The van der Waals surface area contributed by atoms with Crippen LogP contribution in [0.5, 0.6) is 0 Å². The molecule has 0 unspecified atom stereocenters. The third-order valence-corrected chi connectivity index (χ3v) is 5.14. The van der Waals surface area contributed by atoms with Crippen molar-refractivity contribution in [1.82, 2.24) is 0 Å². The van der Waals surface area contributed by atoms with Crippen molar-refractivity contribution in [3.8, 4) is 0 Å². The van der Waals surface area contributed by atoms with Crippen molar-refractivity contribution in [2.45, 2.75) is 20.4 Å². The highest BCUT2D eigenvalue weighted by molar-refractivity contribution is 7.18. The van der Waals surface area contributed by atoms with Crippen LogP contribution in [0.4, 0.5) is 5.69 Å². The average Bonchev–Trinajstić information content (AvgIpc) is 2.89. The normalized spacial score (nSPS) is 11.5. The number of benzene rings is 2. The lowest BCUT2D eigenvalue weighted by Crippen LogP contribution is -2.33. The first kappa shape index (κ1) is 15.8. The van der Waals surface area contributed by atoms with Crippen molar-refractivity contribution in [3.05, 3.63) is 58.6 Å². The second-order valence-corrected chi connectivity index (χ2v) is 7.04. The molecule has 0 atom stereocenters. The molecule has 3 heteroatoms. The topological polar surface area (TPSA) is 7.12 Å². The SMILES string of the molecule is CC[n+]1c(C=Cc2ccc(N(C)C)cc2)sc2cc(C)ccc21. The molecule has 23 heavy (non-hydrogen) atoms. The summed E-state index contributed by atoms with van der Waals surface area (Å²) in [5.41, 5.74) is 5.09. The van der Waals surface area contributed by atoms with Crippen LogP contribution in [-0.2, 0) is 6.54 Å². The largest absolute Gasteiger partial charge is 0.378 e. The summed E-state index contributed by atoms with van der Waals surface area (Å²) in [5, 5.41) is 1.30. The van der Waals surface area contributed by atoms with Crippen molar-refractivity contribution in [3.63, 3.8) is 0 Å². The fraction of sp³-hybridized carbons (Fsp3) is 0.250. The number of hydrogen-bond acceptors (Lipinski definition) is 2. The molecule has 0 aliphatic heterocycles. The second kappa shape index (κ2) is 6.55. The molecule has 3 aromatic rings. The molecular formula is C20H23N2S+. The van der Waals surface area contributed by atoms with Crippen LogP contribution in [0.1, 0.15) is 23.1 Å². The first-order chi connectivity index (χ1) is 11.1. The maximum absolute atomic E-state index is 2.38. The Labute approximate surface area is 142 Å². The van der Waals surface area contributed by atoms with Crippen molar-refractivity contribution < 1.29 is 4.57 Å². The van der Waals surface area contributed by atoms with Crippen LogP contribution in [0.15, 0.2) is 42.5 Å². The molecule has 0 N–H and O–H groups in total. The zero-order valence-electron chi connectivity index (χ0n) is 14.2. The van der Waals surface area contributed by atoms with Crippen molar-refractivity contribution in [2.75, 3.05) is 19.0 Å². The van der Waals surface area contributed by atoms with Gasteiger partial charge in [0.2, 0.25) is 5.52 Å². The van der Waals surface area contributed by atoms with Crippen LogP contribution in [0, 0.1) is 6.92 Å². The van der Waals surface area contributed by atoms with E-state index in [1.807, 2.05) is 11.3 Å². The van der Waals surface area contributed by atoms with E-state index in [4.69, 9.17) is 0 Å². The Hall–Kier alpha value is -2.13. The van der Waals surface area contributed by atoms with E-state index in [0.29, 0.717) is 0 Å². The third kappa shape index (κ3) is 3.30. The summed E-state index contributed by atoms with van der Waals surface area (Å²) >= 11 is 1.86. The number of anilines is 1. The Morgan fingerprint density at radius 2 is 1.78 bits per heavy atom. The van der Waals surface area contributed by atoms with Crippen molar-refractivity contribution in [1.29, 1.82) is 0 Å². The number of rotatable bonds is 4. The molecule has 0 bridgehead atoms. The van der Waals surface area contributed by atoms with E-state index in [1.54, 1.807) is 0 Å². The van der Waals surface area contributed by atoms with Crippen LogP contribution in [0.25, 0.3) is 22.4 Å². The standard InChI is InChI=1S/C20H23N2S/c1-5-22-18-12-6-15(2)14-19(18)23-20(22)13-9-16-7-10-17(11-8-16)21(3)4/h6-14H,5H2,1-4H3/q+1. The van der Waals surface area contributed by atoms with Gasteiger partial charge in [-0.3, -0.25) is 0 Å². The van der Waals surface area contributed by atoms with Crippen LogP contribution in [-0.4, -0.2) is 14.1 Å². The molecule has 0 amide bonds. The number of nitrogens with zero attached hydrogens (tertiary/aromatic N) is 2. The lowest BCUT2D eigenvalue weighted by atomic mass is 10.2. The van der Waals surface area contributed by atoms with Crippen LogP contribution in [0.3, 0.4) is 0 Å². The van der Waals surface area contributed by atoms with Crippen LogP contribution in [0.2, 0.25) is 0 Å². The first-order valence-electron chi connectivity index (χ1n) is 7.97. The van der Waals surface area contributed by atoms with E-state index in [9.17, 15) is 0 Å². The molecule has 1 heterocycles. The smallest absolute Gasteiger partial charge is 0.262 e.